The van der Waals surface area contributed by atoms with Gasteiger partial charge in [0, 0.05) is 19.2 Å². The minimum absolute atomic E-state index is 0.477. The van der Waals surface area contributed by atoms with Crippen LogP contribution in [0.1, 0.15) is 11.3 Å². The Balaban J connectivity index is 1.78. The Hall–Kier alpha value is -2.67. The normalized spacial score (nSPS) is 13.3. The number of hydrogen-bond acceptors (Lipinski definition) is 5. The highest BCUT2D eigenvalue weighted by Gasteiger charge is 2.24. The summed E-state index contributed by atoms with van der Waals surface area (Å²) in [5.41, 5.74) is 2.56. The first-order valence-corrected chi connectivity index (χ1v) is 7.30. The molecule has 0 atom stereocenters. The van der Waals surface area contributed by atoms with Gasteiger partial charge in [-0.25, -0.2) is 14.8 Å². The smallest absolute Gasteiger partial charge is 0.411 e. The number of carboxylic acid groups (broad SMARTS) is 1. The van der Waals surface area contributed by atoms with Crippen LogP contribution in [0.3, 0.4) is 0 Å². The standard InChI is InChI=1S/C16H18N4O3/c1-19(2)9-12-8-15(18-10-17-12)23-13-3-4-14-11(7-13)5-6-20(14)16(21)22/h3-4,7-8,10H,5-6,9H2,1-2H3,(H,21,22). The Bertz CT molecular complexity index is 733. The lowest BCUT2D eigenvalue weighted by Gasteiger charge is -2.13. The van der Waals surface area contributed by atoms with E-state index in [1.165, 1.54) is 11.2 Å². The summed E-state index contributed by atoms with van der Waals surface area (Å²) in [5.74, 6) is 1.12. The number of hydrogen-bond donors (Lipinski definition) is 1. The van der Waals surface area contributed by atoms with Gasteiger partial charge in [0.25, 0.3) is 0 Å². The van der Waals surface area contributed by atoms with Crippen molar-refractivity contribution in [3.63, 3.8) is 0 Å². The molecule has 1 aliphatic heterocycles. The lowest BCUT2D eigenvalue weighted by atomic mass is 10.1. The molecular weight excluding hydrogens is 296 g/mol. The maximum absolute atomic E-state index is 11.1. The Labute approximate surface area is 134 Å². The fourth-order valence-electron chi connectivity index (χ4n) is 2.60. The molecule has 7 heteroatoms. The van der Waals surface area contributed by atoms with E-state index in [0.29, 0.717) is 31.1 Å². The molecule has 1 aromatic carbocycles. The number of carbonyl (C=O) groups is 1. The summed E-state index contributed by atoms with van der Waals surface area (Å²) in [6.07, 6.45) is 1.24. The molecule has 23 heavy (non-hydrogen) atoms. The second-order valence-corrected chi connectivity index (χ2v) is 5.66. The molecule has 1 aliphatic rings. The Morgan fingerprint density at radius 3 is 2.91 bits per heavy atom. The van der Waals surface area contributed by atoms with Crippen molar-refractivity contribution in [1.82, 2.24) is 14.9 Å². The van der Waals surface area contributed by atoms with Crippen LogP contribution in [0.4, 0.5) is 10.5 Å². The Morgan fingerprint density at radius 2 is 2.17 bits per heavy atom. The summed E-state index contributed by atoms with van der Waals surface area (Å²) in [6, 6.07) is 7.20. The van der Waals surface area contributed by atoms with Crippen molar-refractivity contribution in [3.05, 3.63) is 41.9 Å². The lowest BCUT2D eigenvalue weighted by molar-refractivity contribution is 0.202. The van der Waals surface area contributed by atoms with Crippen molar-refractivity contribution in [3.8, 4) is 11.6 Å². The van der Waals surface area contributed by atoms with Crippen LogP contribution in [-0.4, -0.2) is 46.7 Å². The predicted octanol–water partition coefficient (Wildman–Crippen LogP) is 2.37. The first-order chi connectivity index (χ1) is 11.0. The van der Waals surface area contributed by atoms with Crippen LogP contribution < -0.4 is 9.64 Å². The SMILES string of the molecule is CN(C)Cc1cc(Oc2ccc3c(c2)CCN3C(=O)O)ncn1. The van der Waals surface area contributed by atoms with E-state index in [-0.39, 0.29) is 0 Å². The van der Waals surface area contributed by atoms with Crippen LogP contribution in [-0.2, 0) is 13.0 Å². The third kappa shape index (κ3) is 3.40. The molecular formula is C16H18N4O3. The van der Waals surface area contributed by atoms with Crippen molar-refractivity contribution in [2.24, 2.45) is 0 Å². The van der Waals surface area contributed by atoms with Crippen molar-refractivity contribution in [1.29, 1.82) is 0 Å². The monoisotopic (exact) mass is 314 g/mol. The molecule has 1 N–H and O–H groups in total. The van der Waals surface area contributed by atoms with Crippen LogP contribution in [0.25, 0.3) is 0 Å². The summed E-state index contributed by atoms with van der Waals surface area (Å²) in [6.45, 7) is 1.19. The molecule has 0 saturated heterocycles. The van der Waals surface area contributed by atoms with Gasteiger partial charge in [-0.1, -0.05) is 0 Å². The van der Waals surface area contributed by atoms with Gasteiger partial charge in [-0.05, 0) is 44.3 Å². The van der Waals surface area contributed by atoms with Crippen LogP contribution in [0.5, 0.6) is 11.6 Å². The quantitative estimate of drug-likeness (QED) is 0.933. The van der Waals surface area contributed by atoms with Crippen molar-refractivity contribution in [2.45, 2.75) is 13.0 Å². The lowest BCUT2D eigenvalue weighted by Crippen LogP contribution is -2.26. The van der Waals surface area contributed by atoms with Gasteiger partial charge in [0.05, 0.1) is 11.4 Å². The second-order valence-electron chi connectivity index (χ2n) is 5.66. The fourth-order valence-corrected chi connectivity index (χ4v) is 2.60. The van der Waals surface area contributed by atoms with E-state index in [1.807, 2.05) is 25.1 Å². The molecule has 0 fully saturated rings. The molecule has 0 radical (unpaired) electrons. The first-order valence-electron chi connectivity index (χ1n) is 7.30. The molecule has 0 unspecified atom stereocenters. The Morgan fingerprint density at radius 1 is 1.35 bits per heavy atom. The number of benzene rings is 1. The predicted molar refractivity (Wildman–Crippen MR) is 85.0 cm³/mol. The molecule has 0 saturated carbocycles. The van der Waals surface area contributed by atoms with Crippen molar-refractivity contribution < 1.29 is 14.6 Å². The molecule has 7 nitrogen and oxygen atoms in total. The van der Waals surface area contributed by atoms with Gasteiger partial charge in [-0.2, -0.15) is 0 Å². The van der Waals surface area contributed by atoms with Gasteiger partial charge in [-0.3, -0.25) is 4.90 Å². The number of ether oxygens (including phenoxy) is 1. The molecule has 0 bridgehead atoms. The zero-order chi connectivity index (χ0) is 16.4. The average molecular weight is 314 g/mol. The third-order valence-corrected chi connectivity index (χ3v) is 3.58. The highest BCUT2D eigenvalue weighted by atomic mass is 16.5. The zero-order valence-corrected chi connectivity index (χ0v) is 13.1. The van der Waals surface area contributed by atoms with Gasteiger partial charge in [0.1, 0.15) is 12.1 Å². The molecule has 2 aromatic rings. The van der Waals surface area contributed by atoms with E-state index in [0.717, 1.165) is 16.9 Å². The van der Waals surface area contributed by atoms with Gasteiger partial charge in [-0.15, -0.1) is 0 Å². The van der Waals surface area contributed by atoms with Crippen LogP contribution in [0.15, 0.2) is 30.6 Å². The van der Waals surface area contributed by atoms with Crippen LogP contribution >= 0.6 is 0 Å². The number of aromatic nitrogens is 2. The van der Waals surface area contributed by atoms with E-state index in [2.05, 4.69) is 9.97 Å². The number of amides is 1. The minimum atomic E-state index is -0.929. The van der Waals surface area contributed by atoms with E-state index in [9.17, 15) is 4.79 Å². The number of rotatable bonds is 4. The zero-order valence-electron chi connectivity index (χ0n) is 13.1. The summed E-state index contributed by atoms with van der Waals surface area (Å²) >= 11 is 0. The highest BCUT2D eigenvalue weighted by Crippen LogP contribution is 2.32. The van der Waals surface area contributed by atoms with Gasteiger partial charge in [0.15, 0.2) is 0 Å². The topological polar surface area (TPSA) is 78.8 Å². The second kappa shape index (κ2) is 6.21. The molecule has 1 amide bonds. The maximum Gasteiger partial charge on any atom is 0.411 e. The van der Waals surface area contributed by atoms with Gasteiger partial charge < -0.3 is 14.7 Å². The molecule has 2 heterocycles. The average Bonchev–Trinajstić information content (AvgIpc) is 2.90. The fraction of sp³-hybridized carbons (Fsp3) is 0.312. The maximum atomic E-state index is 11.1. The van der Waals surface area contributed by atoms with E-state index in [1.54, 1.807) is 18.2 Å². The highest BCUT2D eigenvalue weighted by molar-refractivity contribution is 5.89. The van der Waals surface area contributed by atoms with Crippen LogP contribution in [0.2, 0.25) is 0 Å². The van der Waals surface area contributed by atoms with E-state index >= 15 is 0 Å². The number of fused-ring (bicyclic) bond motifs is 1. The van der Waals surface area contributed by atoms with Crippen LogP contribution in [0, 0.1) is 0 Å². The number of nitrogens with zero attached hydrogens (tertiary/aromatic N) is 4. The number of anilines is 1. The van der Waals surface area contributed by atoms with Crippen molar-refractivity contribution >= 4 is 11.8 Å². The molecule has 120 valence electrons. The first kappa shape index (κ1) is 15.2. The van der Waals surface area contributed by atoms with Crippen molar-refractivity contribution in [2.75, 3.05) is 25.5 Å². The molecule has 0 aliphatic carbocycles. The largest absolute Gasteiger partial charge is 0.465 e. The Kier molecular flexibility index (Phi) is 4.12. The summed E-state index contributed by atoms with van der Waals surface area (Å²) < 4.78 is 5.79. The van der Waals surface area contributed by atoms with Gasteiger partial charge >= 0.3 is 6.09 Å². The molecule has 1 aromatic heterocycles. The summed E-state index contributed by atoms with van der Waals surface area (Å²) in [5, 5.41) is 9.14. The van der Waals surface area contributed by atoms with E-state index < -0.39 is 6.09 Å². The summed E-state index contributed by atoms with van der Waals surface area (Å²) in [4.78, 5) is 22.8. The third-order valence-electron chi connectivity index (χ3n) is 3.58. The summed E-state index contributed by atoms with van der Waals surface area (Å²) in [7, 11) is 3.94. The van der Waals surface area contributed by atoms with Gasteiger partial charge in [0.2, 0.25) is 5.88 Å². The molecule has 0 spiro atoms. The minimum Gasteiger partial charge on any atom is -0.465 e. The molecule has 3 rings (SSSR count). The van der Waals surface area contributed by atoms with E-state index in [4.69, 9.17) is 9.84 Å².